The summed E-state index contributed by atoms with van der Waals surface area (Å²) in [4.78, 5) is 42.7. The van der Waals surface area contributed by atoms with Crippen LogP contribution in [0.3, 0.4) is 0 Å². The van der Waals surface area contributed by atoms with Crippen molar-refractivity contribution in [2.75, 3.05) is 12.4 Å². The second-order valence-corrected chi connectivity index (χ2v) is 9.64. The number of nitro benzene ring substituents is 1. The monoisotopic (exact) mass is 541 g/mol. The van der Waals surface area contributed by atoms with Gasteiger partial charge in [0.2, 0.25) is 0 Å². The molecule has 0 radical (unpaired) electrons. The molecule has 10 nitrogen and oxygen atoms in total. The zero-order chi connectivity index (χ0) is 27.7. The highest BCUT2D eigenvalue weighted by molar-refractivity contribution is 7.07. The maximum absolute atomic E-state index is 13.8. The van der Waals surface area contributed by atoms with Crippen molar-refractivity contribution < 1.29 is 19.6 Å². The minimum absolute atomic E-state index is 0.00477. The van der Waals surface area contributed by atoms with Crippen LogP contribution in [-0.2, 0) is 4.79 Å². The summed E-state index contributed by atoms with van der Waals surface area (Å²) in [5.41, 5.74) is 0.823. The number of rotatable bonds is 6. The van der Waals surface area contributed by atoms with E-state index in [0.29, 0.717) is 27.5 Å². The molecule has 0 unspecified atom stereocenters. The summed E-state index contributed by atoms with van der Waals surface area (Å²) in [7, 11) is 1.52. The molecule has 2 heterocycles. The molecule has 1 amide bonds. The number of anilines is 1. The van der Waals surface area contributed by atoms with Crippen molar-refractivity contribution in [2.45, 2.75) is 13.0 Å². The fraction of sp³-hybridized carbons (Fsp3) is 0.107. The van der Waals surface area contributed by atoms with Gasteiger partial charge in [0, 0.05) is 11.8 Å². The van der Waals surface area contributed by atoms with E-state index in [2.05, 4.69) is 10.3 Å². The van der Waals surface area contributed by atoms with Crippen molar-refractivity contribution in [2.24, 2.45) is 4.99 Å². The molecule has 0 bridgehead atoms. The number of allylic oxidation sites excluding steroid dienone is 1. The van der Waals surface area contributed by atoms with Crippen LogP contribution < -0.4 is 30.1 Å². The molecule has 5 rings (SSSR count). The number of nitrogens with one attached hydrogen (secondary N) is 1. The molecule has 0 spiro atoms. The van der Waals surface area contributed by atoms with E-state index in [1.807, 2.05) is 6.07 Å². The molecule has 1 aromatic heterocycles. The van der Waals surface area contributed by atoms with Crippen LogP contribution in [0.4, 0.5) is 11.4 Å². The molecule has 196 valence electrons. The molecule has 1 atom stereocenters. The van der Waals surface area contributed by atoms with Gasteiger partial charge < -0.3 is 15.2 Å². The molecular weight excluding hydrogens is 520 g/mol. The van der Waals surface area contributed by atoms with Crippen LogP contribution in [0.1, 0.15) is 24.1 Å². The Bertz CT molecular complexity index is 1820. The number of benzene rings is 3. The SMILES string of the molecule is COc1cccc([C@H]2C(C(=O)Nc3ccccc3)=C(C)N=c3s/c(=C/c4cccc([N+](=O)[O-])c4[O-])c(=O)n32)c1. The van der Waals surface area contributed by atoms with Crippen molar-refractivity contribution in [3.63, 3.8) is 0 Å². The van der Waals surface area contributed by atoms with Crippen LogP contribution >= 0.6 is 11.3 Å². The molecular formula is C28H21N4O6S-. The van der Waals surface area contributed by atoms with Gasteiger partial charge in [-0.2, -0.15) is 0 Å². The number of amides is 1. The first-order valence-corrected chi connectivity index (χ1v) is 12.6. The first-order chi connectivity index (χ1) is 18.8. The molecule has 0 aliphatic carbocycles. The van der Waals surface area contributed by atoms with Gasteiger partial charge in [0.05, 0.1) is 33.9 Å². The third kappa shape index (κ3) is 4.82. The zero-order valence-corrected chi connectivity index (χ0v) is 21.6. The fourth-order valence-electron chi connectivity index (χ4n) is 4.40. The predicted octanol–water partition coefficient (Wildman–Crippen LogP) is 2.86. The molecule has 1 aliphatic heterocycles. The number of aromatic nitrogens is 1. The molecule has 3 aromatic carbocycles. The number of nitrogens with zero attached hydrogens (tertiary/aromatic N) is 3. The summed E-state index contributed by atoms with van der Waals surface area (Å²) < 4.78 is 6.94. The van der Waals surface area contributed by atoms with E-state index in [1.54, 1.807) is 55.5 Å². The number of methoxy groups -OCH3 is 1. The summed E-state index contributed by atoms with van der Waals surface area (Å²) in [6.07, 6.45) is 1.32. The van der Waals surface area contributed by atoms with E-state index in [9.17, 15) is 24.8 Å². The lowest BCUT2D eigenvalue weighted by Gasteiger charge is -2.25. The van der Waals surface area contributed by atoms with Gasteiger partial charge in [-0.1, -0.05) is 53.8 Å². The van der Waals surface area contributed by atoms with Crippen molar-refractivity contribution in [3.05, 3.63) is 125 Å². The molecule has 11 heteroatoms. The molecule has 0 saturated carbocycles. The van der Waals surface area contributed by atoms with Crippen LogP contribution in [0.2, 0.25) is 0 Å². The lowest BCUT2D eigenvalue weighted by atomic mass is 9.95. The van der Waals surface area contributed by atoms with Gasteiger partial charge in [0.25, 0.3) is 17.2 Å². The average Bonchev–Trinajstić information content (AvgIpc) is 3.23. The Hall–Kier alpha value is -5.03. The highest BCUT2D eigenvalue weighted by Gasteiger charge is 2.32. The van der Waals surface area contributed by atoms with Crippen molar-refractivity contribution in [1.82, 2.24) is 4.57 Å². The summed E-state index contributed by atoms with van der Waals surface area (Å²) in [6.45, 7) is 1.69. The number of nitro groups is 1. The third-order valence-electron chi connectivity index (χ3n) is 6.22. The normalized spacial score (nSPS) is 14.9. The summed E-state index contributed by atoms with van der Waals surface area (Å²) >= 11 is 1.03. The largest absolute Gasteiger partial charge is 0.867 e. The summed E-state index contributed by atoms with van der Waals surface area (Å²) in [5, 5.41) is 26.7. The molecule has 1 N–H and O–H groups in total. The first kappa shape index (κ1) is 25.6. The molecule has 1 aliphatic rings. The van der Waals surface area contributed by atoms with Gasteiger partial charge in [-0.15, -0.1) is 0 Å². The number of hydrogen-bond acceptors (Lipinski definition) is 8. The second-order valence-electron chi connectivity index (χ2n) is 8.63. The summed E-state index contributed by atoms with van der Waals surface area (Å²) in [5.74, 6) is -0.679. The summed E-state index contributed by atoms with van der Waals surface area (Å²) in [6, 6.07) is 19.0. The van der Waals surface area contributed by atoms with Crippen LogP contribution in [0.15, 0.2) is 93.9 Å². The third-order valence-corrected chi connectivity index (χ3v) is 7.20. The Balaban J connectivity index is 1.70. The van der Waals surface area contributed by atoms with Crippen LogP contribution in [0.5, 0.6) is 11.5 Å². The second kappa shape index (κ2) is 10.4. The van der Waals surface area contributed by atoms with Crippen molar-refractivity contribution in [1.29, 1.82) is 0 Å². The fourth-order valence-corrected chi connectivity index (χ4v) is 5.44. The highest BCUT2D eigenvalue weighted by atomic mass is 32.1. The highest BCUT2D eigenvalue weighted by Crippen LogP contribution is 2.32. The Kier molecular flexibility index (Phi) is 6.82. The Morgan fingerprint density at radius 3 is 2.59 bits per heavy atom. The number of hydrogen-bond donors (Lipinski definition) is 1. The van der Waals surface area contributed by atoms with E-state index in [4.69, 9.17) is 4.74 Å². The average molecular weight is 542 g/mol. The minimum Gasteiger partial charge on any atom is -0.867 e. The Labute approximate surface area is 225 Å². The van der Waals surface area contributed by atoms with Gasteiger partial charge in [0.1, 0.15) is 5.75 Å². The first-order valence-electron chi connectivity index (χ1n) is 11.8. The van der Waals surface area contributed by atoms with Gasteiger partial charge in [-0.05, 0) is 54.1 Å². The van der Waals surface area contributed by atoms with E-state index in [0.717, 1.165) is 17.4 Å². The van der Waals surface area contributed by atoms with E-state index in [1.165, 1.54) is 29.9 Å². The standard InChI is InChI=1S/C28H22N4O6S/c1-16-23(26(34)30-19-10-4-3-5-11-19)24(17-8-6-12-20(14-17)38-2)31-27(35)22(39-28(31)29-16)15-18-9-7-13-21(25(18)33)32(36)37/h3-15,24,33H,1-2H3,(H,30,34)/p-1/b22-15+/t24-/m0/s1. The maximum Gasteiger partial charge on any atom is 0.271 e. The van der Waals surface area contributed by atoms with Gasteiger partial charge >= 0.3 is 0 Å². The molecule has 39 heavy (non-hydrogen) atoms. The molecule has 0 fully saturated rings. The van der Waals surface area contributed by atoms with Gasteiger partial charge in [-0.25, -0.2) is 4.99 Å². The lowest BCUT2D eigenvalue weighted by Crippen LogP contribution is -2.40. The van der Waals surface area contributed by atoms with Gasteiger partial charge in [0.15, 0.2) is 4.80 Å². The topological polar surface area (TPSA) is 139 Å². The van der Waals surface area contributed by atoms with Crippen molar-refractivity contribution >= 4 is 34.7 Å². The Morgan fingerprint density at radius 1 is 1.13 bits per heavy atom. The number of ether oxygens (including phenoxy) is 1. The minimum atomic E-state index is -0.848. The molecule has 0 saturated heterocycles. The van der Waals surface area contributed by atoms with E-state index in [-0.39, 0.29) is 15.7 Å². The van der Waals surface area contributed by atoms with E-state index >= 15 is 0 Å². The number of para-hydroxylation sites is 2. The van der Waals surface area contributed by atoms with E-state index < -0.39 is 33.9 Å². The maximum atomic E-state index is 13.8. The van der Waals surface area contributed by atoms with Crippen LogP contribution in [-0.4, -0.2) is 22.5 Å². The van der Waals surface area contributed by atoms with Gasteiger partial charge in [-0.3, -0.25) is 24.3 Å². The number of fused-ring (bicyclic) bond motifs is 1. The number of carbonyl (C=O) groups excluding carboxylic acids is 1. The zero-order valence-electron chi connectivity index (χ0n) is 20.8. The number of carbonyl (C=O) groups is 1. The van der Waals surface area contributed by atoms with Crippen molar-refractivity contribution in [3.8, 4) is 11.5 Å². The van der Waals surface area contributed by atoms with Crippen LogP contribution in [0.25, 0.3) is 6.08 Å². The smallest absolute Gasteiger partial charge is 0.271 e. The quantitative estimate of drug-likeness (QED) is 0.294. The molecule has 4 aromatic rings. The number of thiazole rings is 1. The lowest BCUT2D eigenvalue weighted by molar-refractivity contribution is -0.398. The Morgan fingerprint density at radius 2 is 1.87 bits per heavy atom. The predicted molar refractivity (Wildman–Crippen MR) is 144 cm³/mol. The van der Waals surface area contributed by atoms with Crippen LogP contribution in [0, 0.1) is 10.1 Å².